The minimum absolute atomic E-state index is 0.182. The fraction of sp³-hybridized carbons (Fsp3) is 0.333. The predicted molar refractivity (Wildman–Crippen MR) is 68.1 cm³/mol. The first-order valence-electron chi connectivity index (χ1n) is 5.29. The summed E-state index contributed by atoms with van der Waals surface area (Å²) in [4.78, 5) is 20.4. The maximum atomic E-state index is 10.6. The molecule has 1 aromatic rings. The van der Waals surface area contributed by atoms with Crippen LogP contribution in [0.3, 0.4) is 0 Å². The van der Waals surface area contributed by atoms with Gasteiger partial charge in [0.1, 0.15) is 30.7 Å². The van der Waals surface area contributed by atoms with E-state index >= 15 is 0 Å². The summed E-state index contributed by atoms with van der Waals surface area (Å²) in [5.74, 6) is 0.575. The summed E-state index contributed by atoms with van der Waals surface area (Å²) >= 11 is 4.15. The van der Waals surface area contributed by atoms with E-state index in [1.165, 1.54) is 0 Å². The highest BCUT2D eigenvalue weighted by molar-refractivity contribution is 7.80. The Balaban J connectivity index is 2.26. The van der Waals surface area contributed by atoms with Crippen LogP contribution in [-0.2, 0) is 14.3 Å². The van der Waals surface area contributed by atoms with Crippen LogP contribution in [0.15, 0.2) is 24.3 Å². The number of benzene rings is 1. The molecule has 0 aliphatic rings. The Labute approximate surface area is 110 Å². The van der Waals surface area contributed by atoms with Gasteiger partial charge in [-0.15, -0.1) is 12.6 Å². The van der Waals surface area contributed by atoms with Crippen molar-refractivity contribution in [2.45, 2.75) is 5.44 Å². The molecule has 0 fully saturated rings. The van der Waals surface area contributed by atoms with Crippen LogP contribution in [0.5, 0.6) is 5.75 Å². The molecule has 0 amide bonds. The SMILES string of the molecule is O=COCCOC(S)COc1cccc(C=O)c1. The van der Waals surface area contributed by atoms with E-state index in [0.29, 0.717) is 17.8 Å². The molecule has 0 spiro atoms. The van der Waals surface area contributed by atoms with Crippen molar-refractivity contribution < 1.29 is 23.8 Å². The Morgan fingerprint density at radius 2 is 2.11 bits per heavy atom. The molecule has 1 rings (SSSR count). The van der Waals surface area contributed by atoms with E-state index in [9.17, 15) is 9.59 Å². The van der Waals surface area contributed by atoms with Gasteiger partial charge in [0.2, 0.25) is 0 Å². The van der Waals surface area contributed by atoms with Gasteiger partial charge >= 0.3 is 0 Å². The third kappa shape index (κ3) is 5.70. The highest BCUT2D eigenvalue weighted by Crippen LogP contribution is 2.13. The Hall–Kier alpha value is -1.53. The lowest BCUT2D eigenvalue weighted by Gasteiger charge is -2.13. The Morgan fingerprint density at radius 1 is 1.28 bits per heavy atom. The van der Waals surface area contributed by atoms with E-state index in [1.807, 2.05) is 0 Å². The zero-order chi connectivity index (χ0) is 13.2. The van der Waals surface area contributed by atoms with Crippen LogP contribution < -0.4 is 4.74 Å². The number of thiol groups is 1. The van der Waals surface area contributed by atoms with Crippen molar-refractivity contribution in [2.75, 3.05) is 19.8 Å². The number of hydrogen-bond acceptors (Lipinski definition) is 6. The summed E-state index contributed by atoms with van der Waals surface area (Å²) in [6.45, 7) is 1.02. The largest absolute Gasteiger partial charge is 0.490 e. The molecule has 98 valence electrons. The Bertz CT molecular complexity index is 382. The van der Waals surface area contributed by atoms with E-state index in [2.05, 4.69) is 17.4 Å². The number of carbonyl (C=O) groups excluding carboxylic acids is 2. The second-order valence-electron chi connectivity index (χ2n) is 3.29. The van der Waals surface area contributed by atoms with Gasteiger partial charge < -0.3 is 14.2 Å². The first-order valence-corrected chi connectivity index (χ1v) is 5.81. The average molecular weight is 270 g/mol. The van der Waals surface area contributed by atoms with Gasteiger partial charge in [-0.3, -0.25) is 9.59 Å². The highest BCUT2D eigenvalue weighted by atomic mass is 32.1. The maximum Gasteiger partial charge on any atom is 0.293 e. The van der Waals surface area contributed by atoms with Crippen LogP contribution in [-0.4, -0.2) is 38.0 Å². The summed E-state index contributed by atoms with van der Waals surface area (Å²) in [6, 6.07) is 6.78. The van der Waals surface area contributed by atoms with Gasteiger partial charge in [0.05, 0.1) is 6.61 Å². The molecule has 0 aromatic heterocycles. The van der Waals surface area contributed by atoms with Crippen molar-refractivity contribution in [3.05, 3.63) is 29.8 Å². The quantitative estimate of drug-likeness (QED) is 0.317. The van der Waals surface area contributed by atoms with Crippen molar-refractivity contribution in [2.24, 2.45) is 0 Å². The summed E-state index contributed by atoms with van der Waals surface area (Å²) < 4.78 is 15.1. The zero-order valence-electron chi connectivity index (χ0n) is 9.65. The minimum Gasteiger partial charge on any atom is -0.490 e. The summed E-state index contributed by atoms with van der Waals surface area (Å²) in [5.41, 5.74) is 0.114. The molecule has 0 saturated heterocycles. The van der Waals surface area contributed by atoms with Gasteiger partial charge in [0, 0.05) is 5.56 Å². The van der Waals surface area contributed by atoms with Crippen molar-refractivity contribution in [1.29, 1.82) is 0 Å². The summed E-state index contributed by atoms with van der Waals surface area (Å²) in [6.07, 6.45) is 0.748. The van der Waals surface area contributed by atoms with Gasteiger partial charge in [0.15, 0.2) is 0 Å². The molecule has 0 radical (unpaired) electrons. The van der Waals surface area contributed by atoms with Crippen LogP contribution in [0.4, 0.5) is 0 Å². The topological polar surface area (TPSA) is 61.8 Å². The van der Waals surface area contributed by atoms with E-state index in [0.717, 1.165) is 6.29 Å². The second kappa shape index (κ2) is 8.54. The van der Waals surface area contributed by atoms with Crippen molar-refractivity contribution in [3.8, 4) is 5.75 Å². The fourth-order valence-corrected chi connectivity index (χ4v) is 1.35. The number of rotatable bonds is 9. The Kier molecular flexibility index (Phi) is 6.90. The van der Waals surface area contributed by atoms with Crippen LogP contribution >= 0.6 is 12.6 Å². The Morgan fingerprint density at radius 3 is 2.83 bits per heavy atom. The third-order valence-electron chi connectivity index (χ3n) is 1.97. The van der Waals surface area contributed by atoms with E-state index in [-0.39, 0.29) is 19.8 Å². The van der Waals surface area contributed by atoms with E-state index in [1.54, 1.807) is 24.3 Å². The van der Waals surface area contributed by atoms with Crippen molar-refractivity contribution in [1.82, 2.24) is 0 Å². The smallest absolute Gasteiger partial charge is 0.293 e. The molecule has 6 heteroatoms. The number of ether oxygens (including phenoxy) is 3. The molecule has 0 aliphatic carbocycles. The fourth-order valence-electron chi connectivity index (χ4n) is 1.17. The summed E-state index contributed by atoms with van der Waals surface area (Å²) in [5, 5.41) is 0. The van der Waals surface area contributed by atoms with Gasteiger partial charge in [-0.25, -0.2) is 0 Å². The molecule has 0 saturated carbocycles. The molecule has 0 aliphatic heterocycles. The minimum atomic E-state index is -0.430. The standard InChI is InChI=1S/C12H14O5S/c13-7-10-2-1-3-11(6-10)17-8-12(18)16-5-4-15-9-14/h1-3,6-7,9,12,18H,4-5,8H2. The van der Waals surface area contributed by atoms with E-state index < -0.39 is 5.44 Å². The van der Waals surface area contributed by atoms with Crippen LogP contribution in [0.1, 0.15) is 10.4 Å². The first kappa shape index (κ1) is 14.5. The lowest BCUT2D eigenvalue weighted by atomic mass is 10.2. The van der Waals surface area contributed by atoms with E-state index in [4.69, 9.17) is 9.47 Å². The van der Waals surface area contributed by atoms with Gasteiger partial charge in [0.25, 0.3) is 6.47 Å². The highest BCUT2D eigenvalue weighted by Gasteiger charge is 2.04. The molecule has 0 N–H and O–H groups in total. The molecule has 18 heavy (non-hydrogen) atoms. The number of aldehydes is 1. The van der Waals surface area contributed by atoms with Crippen LogP contribution in [0.2, 0.25) is 0 Å². The molecular formula is C12H14O5S. The molecule has 5 nitrogen and oxygen atoms in total. The van der Waals surface area contributed by atoms with Gasteiger partial charge in [-0.1, -0.05) is 12.1 Å². The molecule has 1 unspecified atom stereocenters. The molecule has 0 heterocycles. The summed E-state index contributed by atoms with van der Waals surface area (Å²) in [7, 11) is 0. The molecular weight excluding hydrogens is 256 g/mol. The average Bonchev–Trinajstić information content (AvgIpc) is 2.41. The maximum absolute atomic E-state index is 10.6. The third-order valence-corrected chi connectivity index (χ3v) is 2.26. The molecule has 1 atom stereocenters. The van der Waals surface area contributed by atoms with Crippen molar-refractivity contribution in [3.63, 3.8) is 0 Å². The monoisotopic (exact) mass is 270 g/mol. The van der Waals surface area contributed by atoms with Crippen LogP contribution in [0, 0.1) is 0 Å². The lowest BCUT2D eigenvalue weighted by molar-refractivity contribution is -0.130. The molecule has 0 bridgehead atoms. The lowest BCUT2D eigenvalue weighted by Crippen LogP contribution is -2.18. The number of hydrogen-bond donors (Lipinski definition) is 1. The zero-order valence-corrected chi connectivity index (χ0v) is 10.5. The number of carbonyl (C=O) groups is 2. The predicted octanol–water partition coefficient (Wildman–Crippen LogP) is 1.32. The van der Waals surface area contributed by atoms with Gasteiger partial charge in [-0.2, -0.15) is 0 Å². The van der Waals surface area contributed by atoms with Crippen LogP contribution in [0.25, 0.3) is 0 Å². The van der Waals surface area contributed by atoms with Gasteiger partial charge in [-0.05, 0) is 12.1 Å². The van der Waals surface area contributed by atoms with Crippen molar-refractivity contribution >= 4 is 25.4 Å². The second-order valence-corrected chi connectivity index (χ2v) is 3.87. The first-order chi connectivity index (χ1) is 8.76. The molecule has 1 aromatic carbocycles. The normalized spacial score (nSPS) is 11.6.